The molecule has 1 atom stereocenters. The van der Waals surface area contributed by atoms with E-state index in [2.05, 4.69) is 10.0 Å². The standard InChI is InChI=1S/C13H21FN2O3S/c1-4-19-10(2)8-16-20(17,18)13-6-5-11(9-15-3)7-12(13)14/h5-7,10,15-16H,4,8-9H2,1-3H3. The van der Waals surface area contributed by atoms with Gasteiger partial charge in [0.1, 0.15) is 10.7 Å². The second kappa shape index (κ2) is 7.68. The van der Waals surface area contributed by atoms with Crippen LogP contribution in [0, 0.1) is 5.82 Å². The predicted octanol–water partition coefficient (Wildman–Crippen LogP) is 1.25. The molecule has 0 spiro atoms. The molecule has 1 rings (SSSR count). The van der Waals surface area contributed by atoms with Crippen LogP contribution in [0.3, 0.4) is 0 Å². The van der Waals surface area contributed by atoms with Crippen LogP contribution in [0.1, 0.15) is 19.4 Å². The molecule has 0 aliphatic heterocycles. The molecule has 0 saturated carbocycles. The van der Waals surface area contributed by atoms with E-state index in [1.807, 2.05) is 6.92 Å². The minimum atomic E-state index is -3.86. The zero-order chi connectivity index (χ0) is 15.2. The van der Waals surface area contributed by atoms with Crippen LogP contribution in [0.15, 0.2) is 23.1 Å². The van der Waals surface area contributed by atoms with Crippen molar-refractivity contribution in [2.24, 2.45) is 0 Å². The summed E-state index contributed by atoms with van der Waals surface area (Å²) < 4.78 is 45.4. The van der Waals surface area contributed by atoms with Gasteiger partial charge in [0.25, 0.3) is 0 Å². The summed E-state index contributed by atoms with van der Waals surface area (Å²) in [5, 5.41) is 2.88. The van der Waals surface area contributed by atoms with Crippen molar-refractivity contribution in [3.05, 3.63) is 29.6 Å². The van der Waals surface area contributed by atoms with E-state index >= 15 is 0 Å². The second-order valence-electron chi connectivity index (χ2n) is 4.41. The number of halogens is 1. The number of ether oxygens (including phenoxy) is 1. The topological polar surface area (TPSA) is 67.4 Å². The smallest absolute Gasteiger partial charge is 0.243 e. The highest BCUT2D eigenvalue weighted by molar-refractivity contribution is 7.89. The lowest BCUT2D eigenvalue weighted by molar-refractivity contribution is 0.0799. The molecule has 1 aromatic rings. The van der Waals surface area contributed by atoms with Crippen molar-refractivity contribution in [2.45, 2.75) is 31.4 Å². The normalized spacial score (nSPS) is 13.4. The van der Waals surface area contributed by atoms with Gasteiger partial charge >= 0.3 is 0 Å². The highest BCUT2D eigenvalue weighted by Crippen LogP contribution is 2.16. The van der Waals surface area contributed by atoms with E-state index < -0.39 is 15.8 Å². The molecule has 0 amide bonds. The number of sulfonamides is 1. The first kappa shape index (κ1) is 17.0. The summed E-state index contributed by atoms with van der Waals surface area (Å²) in [6.07, 6.45) is -0.263. The highest BCUT2D eigenvalue weighted by Gasteiger charge is 2.19. The lowest BCUT2D eigenvalue weighted by Gasteiger charge is -2.13. The number of rotatable bonds is 8. The van der Waals surface area contributed by atoms with Gasteiger partial charge in [-0.3, -0.25) is 0 Å². The summed E-state index contributed by atoms with van der Waals surface area (Å²) in [6.45, 7) is 4.65. The lowest BCUT2D eigenvalue weighted by Crippen LogP contribution is -2.32. The quantitative estimate of drug-likeness (QED) is 0.758. The predicted molar refractivity (Wildman–Crippen MR) is 75.4 cm³/mol. The largest absolute Gasteiger partial charge is 0.377 e. The molecule has 1 unspecified atom stereocenters. The fraction of sp³-hybridized carbons (Fsp3) is 0.538. The van der Waals surface area contributed by atoms with Gasteiger partial charge in [-0.15, -0.1) is 0 Å². The molecule has 0 radical (unpaired) electrons. The first-order valence-corrected chi connectivity index (χ1v) is 7.93. The molecular formula is C13H21FN2O3S. The molecule has 2 N–H and O–H groups in total. The van der Waals surface area contributed by atoms with E-state index in [9.17, 15) is 12.8 Å². The second-order valence-corrected chi connectivity index (χ2v) is 6.15. The van der Waals surface area contributed by atoms with Crippen LogP contribution in [-0.2, 0) is 21.3 Å². The van der Waals surface area contributed by atoms with E-state index in [-0.39, 0.29) is 17.5 Å². The van der Waals surface area contributed by atoms with E-state index in [4.69, 9.17) is 4.74 Å². The molecule has 20 heavy (non-hydrogen) atoms. The van der Waals surface area contributed by atoms with E-state index in [0.29, 0.717) is 18.7 Å². The Labute approximate surface area is 119 Å². The van der Waals surface area contributed by atoms with Gasteiger partial charge in [-0.1, -0.05) is 6.07 Å². The first-order chi connectivity index (χ1) is 9.40. The van der Waals surface area contributed by atoms with E-state index in [0.717, 1.165) is 0 Å². The van der Waals surface area contributed by atoms with Gasteiger partial charge in [-0.05, 0) is 38.6 Å². The van der Waals surface area contributed by atoms with Crippen LogP contribution in [-0.4, -0.2) is 34.7 Å². The highest BCUT2D eigenvalue weighted by atomic mass is 32.2. The molecule has 0 aliphatic carbocycles. The van der Waals surface area contributed by atoms with Crippen molar-refractivity contribution in [1.29, 1.82) is 0 Å². The van der Waals surface area contributed by atoms with Crippen molar-refractivity contribution in [1.82, 2.24) is 10.0 Å². The number of benzene rings is 1. The number of nitrogens with one attached hydrogen (secondary N) is 2. The number of hydrogen-bond donors (Lipinski definition) is 2. The SMILES string of the molecule is CCOC(C)CNS(=O)(=O)c1ccc(CNC)cc1F. The molecule has 1 aromatic carbocycles. The van der Waals surface area contributed by atoms with Gasteiger partial charge in [0.15, 0.2) is 0 Å². The summed E-state index contributed by atoms with van der Waals surface area (Å²) in [5.41, 5.74) is 0.687. The minimum absolute atomic E-state index is 0.105. The minimum Gasteiger partial charge on any atom is -0.377 e. The van der Waals surface area contributed by atoms with Crippen LogP contribution < -0.4 is 10.0 Å². The maximum absolute atomic E-state index is 13.9. The van der Waals surface area contributed by atoms with Crippen molar-refractivity contribution < 1.29 is 17.5 Å². The van der Waals surface area contributed by atoms with E-state index in [1.54, 1.807) is 20.0 Å². The average molecular weight is 304 g/mol. The lowest BCUT2D eigenvalue weighted by atomic mass is 10.2. The molecule has 0 saturated heterocycles. The van der Waals surface area contributed by atoms with Crippen LogP contribution >= 0.6 is 0 Å². The van der Waals surface area contributed by atoms with Crippen LogP contribution in [0.4, 0.5) is 4.39 Å². The van der Waals surface area contributed by atoms with Crippen LogP contribution in [0.25, 0.3) is 0 Å². The maximum atomic E-state index is 13.9. The van der Waals surface area contributed by atoms with Gasteiger partial charge in [-0.25, -0.2) is 17.5 Å². The summed E-state index contributed by atoms with van der Waals surface area (Å²) in [5.74, 6) is -0.755. The third-order valence-electron chi connectivity index (χ3n) is 2.68. The molecular weight excluding hydrogens is 283 g/mol. The number of hydrogen-bond acceptors (Lipinski definition) is 4. The van der Waals surface area contributed by atoms with Crippen LogP contribution in [0.5, 0.6) is 0 Å². The van der Waals surface area contributed by atoms with Crippen molar-refractivity contribution in [3.63, 3.8) is 0 Å². The van der Waals surface area contributed by atoms with Gasteiger partial charge in [-0.2, -0.15) is 0 Å². The monoisotopic (exact) mass is 304 g/mol. The fourth-order valence-electron chi connectivity index (χ4n) is 1.72. The zero-order valence-corrected chi connectivity index (χ0v) is 12.8. The van der Waals surface area contributed by atoms with Crippen molar-refractivity contribution >= 4 is 10.0 Å². The molecule has 5 nitrogen and oxygen atoms in total. The van der Waals surface area contributed by atoms with Crippen LogP contribution in [0.2, 0.25) is 0 Å². The molecule has 0 fully saturated rings. The molecule has 114 valence electrons. The van der Waals surface area contributed by atoms with Gasteiger partial charge < -0.3 is 10.1 Å². The van der Waals surface area contributed by atoms with Gasteiger partial charge in [0.2, 0.25) is 10.0 Å². The van der Waals surface area contributed by atoms with Crippen molar-refractivity contribution in [2.75, 3.05) is 20.2 Å². The van der Waals surface area contributed by atoms with E-state index in [1.165, 1.54) is 12.1 Å². The van der Waals surface area contributed by atoms with Gasteiger partial charge in [0.05, 0.1) is 6.10 Å². The van der Waals surface area contributed by atoms with Gasteiger partial charge in [0, 0.05) is 19.7 Å². The Morgan fingerprint density at radius 2 is 2.10 bits per heavy atom. The Morgan fingerprint density at radius 3 is 2.65 bits per heavy atom. The van der Waals surface area contributed by atoms with Crippen molar-refractivity contribution in [3.8, 4) is 0 Å². The average Bonchev–Trinajstić information content (AvgIpc) is 2.37. The summed E-state index contributed by atoms with van der Waals surface area (Å²) >= 11 is 0. The summed E-state index contributed by atoms with van der Waals surface area (Å²) in [6, 6.07) is 4.08. The molecule has 7 heteroatoms. The third kappa shape index (κ3) is 4.82. The molecule has 0 bridgehead atoms. The Kier molecular flexibility index (Phi) is 6.54. The first-order valence-electron chi connectivity index (χ1n) is 6.45. The Bertz CT molecular complexity index is 534. The Morgan fingerprint density at radius 1 is 1.40 bits per heavy atom. The molecule has 0 heterocycles. The molecule has 0 aliphatic rings. The zero-order valence-electron chi connectivity index (χ0n) is 11.9. The Balaban J connectivity index is 2.82. The fourth-order valence-corrected chi connectivity index (χ4v) is 2.90. The molecule has 0 aromatic heterocycles. The summed E-state index contributed by atoms with van der Waals surface area (Å²) in [4.78, 5) is -0.346. The summed E-state index contributed by atoms with van der Waals surface area (Å²) in [7, 11) is -2.13. The maximum Gasteiger partial charge on any atom is 0.243 e. The third-order valence-corrected chi connectivity index (χ3v) is 4.14. The Hall–Kier alpha value is -1.02.